The third kappa shape index (κ3) is 5.05. The minimum Gasteiger partial charge on any atom is -0.481 e. The van der Waals surface area contributed by atoms with E-state index in [0.717, 1.165) is 27.6 Å². The van der Waals surface area contributed by atoms with Gasteiger partial charge in [0.1, 0.15) is 5.75 Å². The van der Waals surface area contributed by atoms with E-state index >= 15 is 0 Å². The maximum absolute atomic E-state index is 12.6. The van der Waals surface area contributed by atoms with Gasteiger partial charge in [-0.2, -0.15) is 0 Å². The zero-order valence-electron chi connectivity index (χ0n) is 18.9. The van der Waals surface area contributed by atoms with Crippen molar-refractivity contribution in [3.63, 3.8) is 0 Å². The van der Waals surface area contributed by atoms with E-state index in [1.54, 1.807) is 0 Å². The Bertz CT molecular complexity index is 1510. The smallest absolute Gasteiger partial charge is 0.349 e. The van der Waals surface area contributed by atoms with Crippen LogP contribution in [0.25, 0.3) is 25.1 Å². The molecule has 176 valence electrons. The molecular weight excluding hydrogens is 797 g/mol. The maximum Gasteiger partial charge on any atom is 0.349 e. The van der Waals surface area contributed by atoms with Crippen LogP contribution < -0.4 is 9.47 Å². The van der Waals surface area contributed by atoms with Crippen LogP contribution in [0.15, 0.2) is 72.8 Å². The minimum atomic E-state index is -0.412. The third-order valence-corrected chi connectivity index (χ3v) is 10.2. The second-order valence-electron chi connectivity index (χ2n) is 8.15. The van der Waals surface area contributed by atoms with Gasteiger partial charge in [0.25, 0.3) is 0 Å². The highest BCUT2D eigenvalue weighted by atomic mass is 127. The average molecular weight is 817 g/mol. The highest BCUT2D eigenvalue weighted by Gasteiger charge is 2.25. The van der Waals surface area contributed by atoms with Crippen LogP contribution in [0.1, 0.15) is 11.1 Å². The Kier molecular flexibility index (Phi) is 7.57. The number of carbonyl (C=O) groups excluding carboxylic acids is 1. The van der Waals surface area contributed by atoms with Crippen molar-refractivity contribution in [3.8, 4) is 16.4 Å². The molecule has 0 fully saturated rings. The van der Waals surface area contributed by atoms with Gasteiger partial charge in [-0.05, 0) is 129 Å². The fraction of sp³-hybridized carbons (Fsp3) is 0.107. The van der Waals surface area contributed by atoms with Crippen LogP contribution in [0, 0.1) is 24.6 Å². The molecule has 35 heavy (non-hydrogen) atoms. The van der Waals surface area contributed by atoms with E-state index in [2.05, 4.69) is 128 Å². The summed E-state index contributed by atoms with van der Waals surface area (Å²) in [7, 11) is -0.165. The molecule has 0 spiro atoms. The lowest BCUT2D eigenvalue weighted by Gasteiger charge is -2.13. The van der Waals surface area contributed by atoms with Gasteiger partial charge in [-0.15, -0.1) is 0 Å². The Morgan fingerprint density at radius 3 is 1.83 bits per heavy atom. The number of aryl methyl sites for hydroxylation is 2. The van der Waals surface area contributed by atoms with Crippen molar-refractivity contribution in [1.29, 1.82) is 0 Å². The summed E-state index contributed by atoms with van der Waals surface area (Å²) in [6.07, 6.45) is 0. The van der Waals surface area contributed by atoms with Crippen LogP contribution in [-0.4, -0.2) is 12.6 Å². The Morgan fingerprint density at radius 2 is 1.29 bits per heavy atom. The molecule has 0 radical (unpaired) electrons. The molecule has 0 aliphatic heterocycles. The van der Waals surface area contributed by atoms with Crippen molar-refractivity contribution in [1.82, 2.24) is 0 Å². The molecule has 0 amide bonds. The quantitative estimate of drug-likeness (QED) is 0.0769. The molecule has 0 aliphatic rings. The largest absolute Gasteiger partial charge is 0.481 e. The lowest BCUT2D eigenvalue weighted by Crippen LogP contribution is -2.19. The molecule has 3 nitrogen and oxygen atoms in total. The van der Waals surface area contributed by atoms with E-state index in [-0.39, 0.29) is 17.1 Å². The van der Waals surface area contributed by atoms with Gasteiger partial charge in [0.05, 0.1) is 7.14 Å². The molecule has 1 heterocycles. The number of thiophene rings is 1. The topological polar surface area (TPSA) is 35.5 Å². The van der Waals surface area contributed by atoms with Crippen LogP contribution in [0.3, 0.4) is 0 Å². The van der Waals surface area contributed by atoms with Gasteiger partial charge >= 0.3 is 5.97 Å². The van der Waals surface area contributed by atoms with Gasteiger partial charge in [0, 0.05) is 36.9 Å². The summed E-state index contributed by atoms with van der Waals surface area (Å²) in [5, 5.41) is 2.62. The van der Waals surface area contributed by atoms with Crippen LogP contribution in [-0.2, 0) is 4.79 Å². The first-order valence-corrected chi connectivity index (χ1v) is 15.3. The van der Waals surface area contributed by atoms with Gasteiger partial charge in [0.15, 0.2) is 26.7 Å². The van der Waals surface area contributed by atoms with Crippen molar-refractivity contribution < 1.29 is 14.3 Å². The molecular formula is C28H20I3O3S+. The molecule has 5 rings (SSSR count). The first-order valence-electron chi connectivity index (χ1n) is 10.9. The van der Waals surface area contributed by atoms with Crippen LogP contribution >= 0.6 is 78.2 Å². The standard InChI is InChI=1S/C28H20I3O3S/c1-16-11-19(35-24-9-5-3-7-20(24)21-8-4-6-10-25(21)35)12-17(2)27(16)33-15-26(32)34-28-22(30)13-18(29)14-23(28)31/h3-14H,15H2,1-2H3/q+1. The number of esters is 1. The normalized spacial score (nSPS) is 11.2. The van der Waals surface area contributed by atoms with Gasteiger partial charge < -0.3 is 9.47 Å². The predicted octanol–water partition coefficient (Wildman–Crippen LogP) is 9.15. The summed E-state index contributed by atoms with van der Waals surface area (Å²) in [5.74, 6) is 0.913. The Morgan fingerprint density at radius 1 is 0.771 bits per heavy atom. The lowest BCUT2D eigenvalue weighted by atomic mass is 10.1. The molecule has 0 unspecified atom stereocenters. The molecule has 7 heteroatoms. The number of fused-ring (bicyclic) bond motifs is 3. The maximum atomic E-state index is 12.6. The summed E-state index contributed by atoms with van der Waals surface area (Å²) >= 11 is 6.64. The van der Waals surface area contributed by atoms with Crippen LogP contribution in [0.2, 0.25) is 0 Å². The van der Waals surface area contributed by atoms with Gasteiger partial charge in [0.2, 0.25) is 0 Å². The number of hydrogen-bond donors (Lipinski definition) is 0. The molecule has 4 aromatic carbocycles. The van der Waals surface area contributed by atoms with Crippen LogP contribution in [0.4, 0.5) is 0 Å². The highest BCUT2D eigenvalue weighted by molar-refractivity contribution is 14.1. The van der Waals surface area contributed by atoms with E-state index in [1.807, 2.05) is 26.0 Å². The molecule has 1 aromatic heterocycles. The molecule has 0 saturated heterocycles. The molecule has 0 N–H and O–H groups in total. The summed E-state index contributed by atoms with van der Waals surface area (Å²) in [6, 6.07) is 25.7. The number of hydrogen-bond acceptors (Lipinski definition) is 3. The summed E-state index contributed by atoms with van der Waals surface area (Å²) in [6.45, 7) is 3.94. The van der Waals surface area contributed by atoms with Gasteiger partial charge in [-0.3, -0.25) is 0 Å². The summed E-state index contributed by atoms with van der Waals surface area (Å²) in [5.41, 5.74) is 2.03. The monoisotopic (exact) mass is 817 g/mol. The van der Waals surface area contributed by atoms with Gasteiger partial charge in [-0.25, -0.2) is 4.79 Å². The second-order valence-corrected chi connectivity index (χ2v) is 13.7. The zero-order valence-corrected chi connectivity index (χ0v) is 26.2. The SMILES string of the molecule is Cc1cc(-[s+]2c3ccccc3c3ccccc32)cc(C)c1OCC(=O)Oc1c(I)cc(I)cc1I. The number of ether oxygens (including phenoxy) is 2. The number of benzene rings is 4. The first kappa shape index (κ1) is 25.2. The van der Waals surface area contributed by atoms with E-state index in [1.165, 1.54) is 25.1 Å². The van der Waals surface area contributed by atoms with Crippen molar-refractivity contribution in [2.45, 2.75) is 13.8 Å². The minimum absolute atomic E-state index is 0.142. The van der Waals surface area contributed by atoms with E-state index in [9.17, 15) is 4.79 Å². The zero-order chi connectivity index (χ0) is 24.7. The summed E-state index contributed by atoms with van der Waals surface area (Å²) < 4.78 is 17.2. The first-order chi connectivity index (χ1) is 16.8. The molecule has 0 aliphatic carbocycles. The average Bonchev–Trinajstić information content (AvgIpc) is 3.15. The predicted molar refractivity (Wildman–Crippen MR) is 170 cm³/mol. The lowest BCUT2D eigenvalue weighted by molar-refractivity contribution is -0.136. The highest BCUT2D eigenvalue weighted by Crippen LogP contribution is 2.49. The molecule has 0 bridgehead atoms. The van der Waals surface area contributed by atoms with Crippen molar-refractivity contribution in [2.24, 2.45) is 0 Å². The van der Waals surface area contributed by atoms with E-state index in [0.29, 0.717) is 5.75 Å². The third-order valence-electron chi connectivity index (χ3n) is 5.69. The summed E-state index contributed by atoms with van der Waals surface area (Å²) in [4.78, 5) is 13.9. The second kappa shape index (κ2) is 10.5. The number of halogens is 3. The Balaban J connectivity index is 1.43. The Hall–Kier alpha value is -1.44. The van der Waals surface area contributed by atoms with Crippen LogP contribution in [0.5, 0.6) is 11.5 Å². The van der Waals surface area contributed by atoms with Gasteiger partial charge in [-0.1, -0.05) is 24.3 Å². The fourth-order valence-corrected chi connectivity index (χ4v) is 10.6. The van der Waals surface area contributed by atoms with E-state index in [4.69, 9.17) is 9.47 Å². The van der Waals surface area contributed by atoms with Crippen molar-refractivity contribution in [2.75, 3.05) is 6.61 Å². The number of rotatable bonds is 5. The van der Waals surface area contributed by atoms with Crippen molar-refractivity contribution >= 4 is 104 Å². The Labute approximate surface area is 247 Å². The fourth-order valence-electron chi connectivity index (χ4n) is 4.26. The molecule has 0 saturated carbocycles. The molecule has 5 aromatic rings. The van der Waals surface area contributed by atoms with Crippen molar-refractivity contribution in [3.05, 3.63) is 94.6 Å². The molecule has 0 atom stereocenters. The number of carbonyl (C=O) groups is 1. The van der Waals surface area contributed by atoms with E-state index < -0.39 is 5.97 Å².